The van der Waals surface area contributed by atoms with Gasteiger partial charge < -0.3 is 11.1 Å². The van der Waals surface area contributed by atoms with Crippen LogP contribution in [0.15, 0.2) is 24.5 Å². The van der Waals surface area contributed by atoms with Crippen molar-refractivity contribution in [1.29, 1.82) is 0 Å². The Labute approximate surface area is 130 Å². The zero-order valence-electron chi connectivity index (χ0n) is 12.2. The number of nitrogens with one attached hydrogen (secondary N) is 1. The fourth-order valence-corrected chi connectivity index (χ4v) is 3.87. The predicted octanol–water partition coefficient (Wildman–Crippen LogP) is 4.17. The highest BCUT2D eigenvalue weighted by molar-refractivity contribution is 7.11. The van der Waals surface area contributed by atoms with Crippen molar-refractivity contribution < 1.29 is 0 Å². The third kappa shape index (κ3) is 3.53. The van der Waals surface area contributed by atoms with Gasteiger partial charge in [-0.25, -0.2) is 0 Å². The van der Waals surface area contributed by atoms with E-state index in [0.29, 0.717) is 5.82 Å². The van der Waals surface area contributed by atoms with Crippen LogP contribution < -0.4 is 11.1 Å². The fraction of sp³-hybridized carbons (Fsp3) is 0.500. The van der Waals surface area contributed by atoms with E-state index >= 15 is 0 Å². The first-order chi connectivity index (χ1) is 10.3. The fourth-order valence-electron chi connectivity index (χ4n) is 3.11. The minimum Gasteiger partial charge on any atom is -0.382 e. The molecule has 1 aliphatic carbocycles. The van der Waals surface area contributed by atoms with E-state index in [9.17, 15) is 0 Å². The molecule has 1 fully saturated rings. The molecule has 0 bridgehead atoms. The average Bonchev–Trinajstić information content (AvgIpc) is 3.14. The van der Waals surface area contributed by atoms with E-state index in [-0.39, 0.29) is 0 Å². The molecule has 1 aliphatic rings. The number of hydrogen-bond acceptors (Lipinski definition) is 5. The molecule has 5 heteroatoms. The van der Waals surface area contributed by atoms with Crippen molar-refractivity contribution in [3.05, 3.63) is 24.5 Å². The van der Waals surface area contributed by atoms with Crippen molar-refractivity contribution in [2.75, 3.05) is 17.6 Å². The Bertz CT molecular complexity index is 561. The van der Waals surface area contributed by atoms with Crippen LogP contribution in [0.1, 0.15) is 38.5 Å². The second-order valence-electron chi connectivity index (χ2n) is 5.73. The number of hydrogen-bond donors (Lipinski definition) is 2. The molecule has 0 spiro atoms. The molecule has 0 radical (unpaired) electrons. The van der Waals surface area contributed by atoms with Gasteiger partial charge in [0.15, 0.2) is 0 Å². The first-order valence-electron chi connectivity index (χ1n) is 7.74. The lowest BCUT2D eigenvalue weighted by molar-refractivity contribution is 0.491. The normalized spacial score (nSPS) is 15.4. The van der Waals surface area contributed by atoms with Crippen molar-refractivity contribution in [2.24, 2.45) is 5.92 Å². The second kappa shape index (κ2) is 6.89. The van der Waals surface area contributed by atoms with Crippen LogP contribution in [0.5, 0.6) is 0 Å². The second-order valence-corrected chi connectivity index (χ2v) is 6.50. The molecule has 0 amide bonds. The van der Waals surface area contributed by atoms with Crippen LogP contribution in [-0.4, -0.2) is 15.9 Å². The molecule has 3 rings (SSSR count). The minimum atomic E-state index is 0.601. The summed E-state index contributed by atoms with van der Waals surface area (Å²) in [6, 6.07) is 3.95. The summed E-state index contributed by atoms with van der Waals surface area (Å²) in [5.41, 5.74) is 8.11. The number of anilines is 2. The van der Waals surface area contributed by atoms with Gasteiger partial charge in [-0.3, -0.25) is 4.98 Å². The lowest BCUT2D eigenvalue weighted by atomic mass is 10.0. The predicted molar refractivity (Wildman–Crippen MR) is 89.4 cm³/mol. The van der Waals surface area contributed by atoms with Gasteiger partial charge in [0.1, 0.15) is 10.8 Å². The molecular weight excluding hydrogens is 280 g/mol. The van der Waals surface area contributed by atoms with E-state index in [1.54, 1.807) is 12.4 Å². The highest BCUT2D eigenvalue weighted by atomic mass is 32.1. The lowest BCUT2D eigenvalue weighted by Gasteiger charge is -2.10. The molecule has 21 heavy (non-hydrogen) atoms. The SMILES string of the molecule is Nc1nsc(NCCCC2CCCC2)c1-c1ccncc1. The van der Waals surface area contributed by atoms with Gasteiger partial charge >= 0.3 is 0 Å². The quantitative estimate of drug-likeness (QED) is 0.786. The number of rotatable bonds is 6. The summed E-state index contributed by atoms with van der Waals surface area (Å²) in [6.07, 6.45) is 11.8. The molecular formula is C16H22N4S. The zero-order chi connectivity index (χ0) is 14.5. The third-order valence-corrected chi connectivity index (χ3v) is 5.06. The van der Waals surface area contributed by atoms with Crippen LogP contribution in [0.4, 0.5) is 10.8 Å². The van der Waals surface area contributed by atoms with Gasteiger partial charge in [-0.15, -0.1) is 0 Å². The maximum atomic E-state index is 6.02. The van der Waals surface area contributed by atoms with Crippen LogP contribution in [-0.2, 0) is 0 Å². The number of pyridine rings is 1. The molecule has 112 valence electrons. The molecule has 2 aromatic heterocycles. The minimum absolute atomic E-state index is 0.601. The molecule has 1 saturated carbocycles. The number of nitrogens with zero attached hydrogens (tertiary/aromatic N) is 2. The highest BCUT2D eigenvalue weighted by Crippen LogP contribution is 2.36. The number of aromatic nitrogens is 2. The molecule has 0 saturated heterocycles. The van der Waals surface area contributed by atoms with E-state index in [1.165, 1.54) is 50.1 Å². The molecule has 0 unspecified atom stereocenters. The van der Waals surface area contributed by atoms with Crippen molar-refractivity contribution >= 4 is 22.4 Å². The highest BCUT2D eigenvalue weighted by Gasteiger charge is 2.15. The van der Waals surface area contributed by atoms with Crippen LogP contribution in [0.25, 0.3) is 11.1 Å². The van der Waals surface area contributed by atoms with Crippen LogP contribution >= 0.6 is 11.5 Å². The summed E-state index contributed by atoms with van der Waals surface area (Å²) in [4.78, 5) is 4.06. The van der Waals surface area contributed by atoms with E-state index < -0.39 is 0 Å². The van der Waals surface area contributed by atoms with Gasteiger partial charge in [-0.05, 0) is 48.0 Å². The topological polar surface area (TPSA) is 63.8 Å². The number of nitrogens with two attached hydrogens (primary N) is 1. The number of nitrogen functional groups attached to an aromatic ring is 1. The Morgan fingerprint density at radius 2 is 2.00 bits per heavy atom. The average molecular weight is 302 g/mol. The van der Waals surface area contributed by atoms with Crippen molar-refractivity contribution in [3.63, 3.8) is 0 Å². The standard InChI is InChI=1S/C16H22N4S/c17-15-14(13-7-10-18-11-8-13)16(21-20-15)19-9-3-6-12-4-1-2-5-12/h7-8,10-12,19H,1-6,9H2,(H2,17,20). The molecule has 0 aromatic carbocycles. The zero-order valence-corrected chi connectivity index (χ0v) is 13.0. The van der Waals surface area contributed by atoms with Gasteiger partial charge in [-0.2, -0.15) is 4.37 Å². The summed E-state index contributed by atoms with van der Waals surface area (Å²) in [6.45, 7) is 0.996. The maximum Gasteiger partial charge on any atom is 0.147 e. The van der Waals surface area contributed by atoms with Crippen molar-refractivity contribution in [3.8, 4) is 11.1 Å². The Balaban J connectivity index is 1.58. The van der Waals surface area contributed by atoms with E-state index in [2.05, 4.69) is 14.7 Å². The molecule has 4 nitrogen and oxygen atoms in total. The van der Waals surface area contributed by atoms with Crippen molar-refractivity contribution in [2.45, 2.75) is 38.5 Å². The van der Waals surface area contributed by atoms with Gasteiger partial charge in [0.25, 0.3) is 0 Å². The van der Waals surface area contributed by atoms with Crippen molar-refractivity contribution in [1.82, 2.24) is 9.36 Å². The molecule has 3 N–H and O–H groups in total. The molecule has 0 aliphatic heterocycles. The van der Waals surface area contributed by atoms with Crippen LogP contribution in [0, 0.1) is 5.92 Å². The van der Waals surface area contributed by atoms with Gasteiger partial charge in [-0.1, -0.05) is 25.7 Å². The van der Waals surface area contributed by atoms with E-state index in [1.807, 2.05) is 12.1 Å². The van der Waals surface area contributed by atoms with Gasteiger partial charge in [0, 0.05) is 18.9 Å². The molecule has 2 heterocycles. The summed E-state index contributed by atoms with van der Waals surface area (Å²) in [5.74, 6) is 1.56. The van der Waals surface area contributed by atoms with Crippen LogP contribution in [0.3, 0.4) is 0 Å². The Morgan fingerprint density at radius 3 is 2.76 bits per heavy atom. The van der Waals surface area contributed by atoms with E-state index in [0.717, 1.165) is 28.6 Å². The maximum absolute atomic E-state index is 6.02. The summed E-state index contributed by atoms with van der Waals surface area (Å²) < 4.78 is 4.29. The lowest BCUT2D eigenvalue weighted by Crippen LogP contribution is -2.04. The summed E-state index contributed by atoms with van der Waals surface area (Å²) in [5, 5.41) is 4.59. The summed E-state index contributed by atoms with van der Waals surface area (Å²) in [7, 11) is 0. The Hall–Kier alpha value is -1.62. The van der Waals surface area contributed by atoms with Gasteiger partial charge in [0.2, 0.25) is 0 Å². The third-order valence-electron chi connectivity index (χ3n) is 4.24. The summed E-state index contributed by atoms with van der Waals surface area (Å²) >= 11 is 1.45. The Kier molecular flexibility index (Phi) is 4.70. The van der Waals surface area contributed by atoms with Crippen LogP contribution in [0.2, 0.25) is 0 Å². The first kappa shape index (κ1) is 14.3. The Morgan fingerprint density at radius 1 is 1.24 bits per heavy atom. The smallest absolute Gasteiger partial charge is 0.147 e. The largest absolute Gasteiger partial charge is 0.382 e. The first-order valence-corrected chi connectivity index (χ1v) is 8.51. The monoisotopic (exact) mass is 302 g/mol. The van der Waals surface area contributed by atoms with Gasteiger partial charge in [0.05, 0.1) is 5.56 Å². The molecule has 2 aromatic rings. The molecule has 0 atom stereocenters. The van der Waals surface area contributed by atoms with E-state index in [4.69, 9.17) is 5.73 Å².